The fourth-order valence-electron chi connectivity index (χ4n) is 0.385. The molecule has 0 aliphatic carbocycles. The van der Waals surface area contributed by atoms with Crippen LogP contribution in [-0.2, 0) is 8.92 Å². The van der Waals surface area contributed by atoms with Crippen LogP contribution in [0, 0.1) is 0 Å². The van der Waals surface area contributed by atoms with Crippen LogP contribution in [0.5, 0.6) is 0 Å². The monoisotopic (exact) mass is 138 g/mol. The molecule has 0 saturated carbocycles. The van der Waals surface area contributed by atoms with Gasteiger partial charge in [-0.1, -0.05) is 36.4 Å². The third kappa shape index (κ3) is 7.04. The van der Waals surface area contributed by atoms with Crippen LogP contribution in [0.25, 0.3) is 0 Å². The van der Waals surface area contributed by atoms with E-state index >= 15 is 0 Å². The van der Waals surface area contributed by atoms with Crippen molar-refractivity contribution in [1.82, 2.24) is 0 Å². The van der Waals surface area contributed by atoms with E-state index in [1.54, 1.807) is 0 Å². The summed E-state index contributed by atoms with van der Waals surface area (Å²) in [6.07, 6.45) is 0. The SMILES string of the molecule is O=[Si]=O.c1ccccc1. The first-order valence-corrected chi connectivity index (χ1v) is 3.22. The minimum atomic E-state index is -1.42. The normalized spacial score (nSPS) is 6.22. The molecule has 2 nitrogen and oxygen atoms in total. The zero-order chi connectivity index (χ0) is 6.95. The maximum Gasteiger partial charge on any atom is 0.549 e. The Kier molecular flexibility index (Phi) is 6.28. The van der Waals surface area contributed by atoms with E-state index in [-0.39, 0.29) is 0 Å². The molecule has 0 amide bonds. The first-order chi connectivity index (χ1) is 4.41. The van der Waals surface area contributed by atoms with Crippen molar-refractivity contribution in [3.05, 3.63) is 36.4 Å². The van der Waals surface area contributed by atoms with E-state index in [9.17, 15) is 0 Å². The van der Waals surface area contributed by atoms with E-state index in [4.69, 9.17) is 8.92 Å². The molecule has 0 atom stereocenters. The van der Waals surface area contributed by atoms with Crippen molar-refractivity contribution in [2.75, 3.05) is 0 Å². The van der Waals surface area contributed by atoms with Gasteiger partial charge >= 0.3 is 9.29 Å². The molecule has 0 aromatic heterocycles. The predicted octanol–water partition coefficient (Wildman–Crippen LogP) is 1.07. The van der Waals surface area contributed by atoms with E-state index in [0.717, 1.165) is 0 Å². The van der Waals surface area contributed by atoms with Crippen LogP contribution < -0.4 is 0 Å². The van der Waals surface area contributed by atoms with E-state index < -0.39 is 9.29 Å². The van der Waals surface area contributed by atoms with Crippen LogP contribution in [0.3, 0.4) is 0 Å². The van der Waals surface area contributed by atoms with Crippen molar-refractivity contribution in [3.8, 4) is 0 Å². The number of benzene rings is 1. The largest absolute Gasteiger partial charge is 0.549 e. The molecule has 0 aliphatic rings. The second-order valence-corrected chi connectivity index (χ2v) is 1.40. The second kappa shape index (κ2) is 7.04. The maximum absolute atomic E-state index is 8.40. The molecule has 1 rings (SSSR count). The van der Waals surface area contributed by atoms with Gasteiger partial charge in [-0.25, -0.2) is 0 Å². The van der Waals surface area contributed by atoms with Crippen molar-refractivity contribution in [2.24, 2.45) is 0 Å². The molecule has 0 aliphatic heterocycles. The third-order valence-corrected chi connectivity index (χ3v) is 0.667. The molecule has 0 spiro atoms. The van der Waals surface area contributed by atoms with Crippen molar-refractivity contribution >= 4 is 9.29 Å². The molecule has 0 heterocycles. The summed E-state index contributed by atoms with van der Waals surface area (Å²) >= 11 is 0. The maximum atomic E-state index is 8.40. The first-order valence-electron chi connectivity index (χ1n) is 2.41. The van der Waals surface area contributed by atoms with E-state index in [0.29, 0.717) is 0 Å². The Labute approximate surface area is 55.5 Å². The Morgan fingerprint density at radius 3 is 0.889 bits per heavy atom. The average Bonchev–Trinajstić information content (AvgIpc) is 1.93. The average molecular weight is 138 g/mol. The van der Waals surface area contributed by atoms with Crippen LogP contribution >= 0.6 is 0 Å². The van der Waals surface area contributed by atoms with Gasteiger partial charge in [-0.3, -0.25) is 8.92 Å². The Bertz CT molecular complexity index is 141. The van der Waals surface area contributed by atoms with Gasteiger partial charge in [-0.05, 0) is 0 Å². The van der Waals surface area contributed by atoms with E-state index in [2.05, 4.69) is 0 Å². The quantitative estimate of drug-likeness (QED) is 0.502. The molecule has 3 heteroatoms. The zero-order valence-electron chi connectivity index (χ0n) is 4.78. The Morgan fingerprint density at radius 2 is 0.778 bits per heavy atom. The second-order valence-electron chi connectivity index (χ2n) is 1.24. The first kappa shape index (κ1) is 8.04. The highest BCUT2D eigenvalue weighted by atomic mass is 28.2. The van der Waals surface area contributed by atoms with Crippen molar-refractivity contribution in [1.29, 1.82) is 0 Å². The van der Waals surface area contributed by atoms with Gasteiger partial charge < -0.3 is 0 Å². The fourth-order valence-corrected chi connectivity index (χ4v) is 0.385. The van der Waals surface area contributed by atoms with Gasteiger partial charge in [-0.15, -0.1) is 0 Å². The van der Waals surface area contributed by atoms with Gasteiger partial charge in [0, 0.05) is 0 Å². The molecular formula is C6H6O2Si. The fraction of sp³-hybridized carbons (Fsp3) is 0. The summed E-state index contributed by atoms with van der Waals surface area (Å²) in [6.45, 7) is 0. The minimum absolute atomic E-state index is 1.42. The molecule has 0 unspecified atom stereocenters. The highest BCUT2D eigenvalue weighted by Crippen LogP contribution is 1.79. The summed E-state index contributed by atoms with van der Waals surface area (Å²) in [5, 5.41) is 0. The molecule has 1 aromatic carbocycles. The van der Waals surface area contributed by atoms with Crippen LogP contribution in [0.15, 0.2) is 36.4 Å². The summed E-state index contributed by atoms with van der Waals surface area (Å²) in [4.78, 5) is 0. The number of hydrogen-bond acceptors (Lipinski definition) is 2. The highest BCUT2D eigenvalue weighted by molar-refractivity contribution is 5.94. The smallest absolute Gasteiger partial charge is 0.274 e. The van der Waals surface area contributed by atoms with Gasteiger partial charge in [0.25, 0.3) is 0 Å². The Balaban J connectivity index is 0.000000187. The predicted molar refractivity (Wildman–Crippen MR) is 33.6 cm³/mol. The van der Waals surface area contributed by atoms with Gasteiger partial charge in [0.1, 0.15) is 0 Å². The van der Waals surface area contributed by atoms with Crippen molar-refractivity contribution in [3.63, 3.8) is 0 Å². The van der Waals surface area contributed by atoms with E-state index in [1.807, 2.05) is 36.4 Å². The molecule has 0 N–H and O–H groups in total. The van der Waals surface area contributed by atoms with Gasteiger partial charge in [0.2, 0.25) is 0 Å². The molecule has 0 saturated heterocycles. The number of rotatable bonds is 0. The summed E-state index contributed by atoms with van der Waals surface area (Å²) in [5.41, 5.74) is 0. The van der Waals surface area contributed by atoms with Gasteiger partial charge in [0.05, 0.1) is 0 Å². The zero-order valence-corrected chi connectivity index (χ0v) is 5.78. The van der Waals surface area contributed by atoms with Crippen LogP contribution in [0.2, 0.25) is 0 Å². The minimum Gasteiger partial charge on any atom is -0.274 e. The van der Waals surface area contributed by atoms with Crippen molar-refractivity contribution < 1.29 is 8.92 Å². The topological polar surface area (TPSA) is 34.1 Å². The van der Waals surface area contributed by atoms with Crippen LogP contribution in [0.1, 0.15) is 0 Å². The van der Waals surface area contributed by atoms with E-state index in [1.165, 1.54) is 0 Å². The highest BCUT2D eigenvalue weighted by Gasteiger charge is 1.57. The lowest BCUT2D eigenvalue weighted by molar-refractivity contribution is 0.497. The molecule has 1 aromatic rings. The molecule has 0 radical (unpaired) electrons. The van der Waals surface area contributed by atoms with Crippen LogP contribution in [0.4, 0.5) is 0 Å². The summed E-state index contributed by atoms with van der Waals surface area (Å²) < 4.78 is 16.8. The summed E-state index contributed by atoms with van der Waals surface area (Å²) in [7, 11) is -1.42. The van der Waals surface area contributed by atoms with Gasteiger partial charge in [-0.2, -0.15) is 0 Å². The van der Waals surface area contributed by atoms with Crippen LogP contribution in [-0.4, -0.2) is 9.29 Å². The van der Waals surface area contributed by atoms with Crippen molar-refractivity contribution in [2.45, 2.75) is 0 Å². The molecular weight excluding hydrogens is 132 g/mol. The lowest BCUT2D eigenvalue weighted by Gasteiger charge is -1.69. The lowest BCUT2D eigenvalue weighted by Crippen LogP contribution is -1.47. The summed E-state index contributed by atoms with van der Waals surface area (Å²) in [6, 6.07) is 12.0. The standard InChI is InChI=1S/C6H6.O2Si/c1-2-4-6-5-3-1;1-3-2/h1-6H;. The molecule has 9 heavy (non-hydrogen) atoms. The Hall–Kier alpha value is -0.963. The van der Waals surface area contributed by atoms with Gasteiger partial charge in [0.15, 0.2) is 0 Å². The lowest BCUT2D eigenvalue weighted by atomic mass is 10.4. The molecule has 46 valence electrons. The third-order valence-electron chi connectivity index (χ3n) is 0.667. The number of hydrogen-bond donors (Lipinski definition) is 0. The summed E-state index contributed by atoms with van der Waals surface area (Å²) in [5.74, 6) is 0. The molecule has 0 bridgehead atoms. The Morgan fingerprint density at radius 1 is 0.667 bits per heavy atom. The molecule has 0 fully saturated rings.